The second-order valence-corrected chi connectivity index (χ2v) is 10.9. The van der Waals surface area contributed by atoms with Crippen molar-refractivity contribution in [2.75, 3.05) is 0 Å². The summed E-state index contributed by atoms with van der Waals surface area (Å²) in [7, 11) is 0. The highest BCUT2D eigenvalue weighted by Gasteiger charge is 2.48. The minimum Gasteiger partial charge on any atom is -0.393 e. The lowest BCUT2D eigenvalue weighted by Gasteiger charge is -2.43. The van der Waals surface area contributed by atoms with Gasteiger partial charge >= 0.3 is 0 Å². The molecule has 0 radical (unpaired) electrons. The summed E-state index contributed by atoms with van der Waals surface area (Å²) < 4.78 is 0. The van der Waals surface area contributed by atoms with E-state index in [2.05, 4.69) is 33.4 Å². The summed E-state index contributed by atoms with van der Waals surface area (Å²) >= 11 is 0. The topological polar surface area (TPSA) is 60.7 Å². The van der Waals surface area contributed by atoms with Gasteiger partial charge in [0.15, 0.2) is 0 Å². The van der Waals surface area contributed by atoms with E-state index in [4.69, 9.17) is 0 Å². The van der Waals surface area contributed by atoms with E-state index in [0.29, 0.717) is 23.7 Å². The number of aliphatic hydroxyl groups is 3. The zero-order valence-corrected chi connectivity index (χ0v) is 18.9. The standard InChI is InChI=1S/C26H44O3/c1-17(2)24(28)9-5-8-21-12-13-23-19(7-6-14-26(21,23)4)10-11-20-15-22(27)16-25(29)18(20)3/h10,17,20-25,27-29H,3,5-9,11-16H2,1-2,4H3/b19-10+/t20?,21-,22-,23?,24+,25-,26+/m0/s1. The summed E-state index contributed by atoms with van der Waals surface area (Å²) in [4.78, 5) is 0. The van der Waals surface area contributed by atoms with E-state index in [1.54, 1.807) is 5.57 Å². The molecule has 7 atom stereocenters. The van der Waals surface area contributed by atoms with E-state index in [-0.39, 0.29) is 12.0 Å². The molecule has 2 unspecified atom stereocenters. The predicted octanol–water partition coefficient (Wildman–Crippen LogP) is 5.39. The van der Waals surface area contributed by atoms with Crippen LogP contribution in [-0.4, -0.2) is 33.6 Å². The fourth-order valence-corrected chi connectivity index (χ4v) is 6.57. The van der Waals surface area contributed by atoms with Crippen LogP contribution in [0.2, 0.25) is 0 Å². The Morgan fingerprint density at radius 2 is 1.97 bits per heavy atom. The number of aliphatic hydroxyl groups excluding tert-OH is 3. The highest BCUT2D eigenvalue weighted by atomic mass is 16.3. The molecule has 0 aliphatic heterocycles. The van der Waals surface area contributed by atoms with Gasteiger partial charge in [-0.3, -0.25) is 0 Å². The number of fused-ring (bicyclic) bond motifs is 1. The Bertz CT molecular complexity index is 595. The molecule has 29 heavy (non-hydrogen) atoms. The molecule has 3 aliphatic rings. The lowest BCUT2D eigenvalue weighted by Crippen LogP contribution is -2.34. The van der Waals surface area contributed by atoms with Crippen molar-refractivity contribution in [3.8, 4) is 0 Å². The minimum absolute atomic E-state index is 0.156. The van der Waals surface area contributed by atoms with Gasteiger partial charge in [-0.25, -0.2) is 0 Å². The fourth-order valence-electron chi connectivity index (χ4n) is 6.57. The van der Waals surface area contributed by atoms with E-state index in [9.17, 15) is 15.3 Å². The zero-order chi connectivity index (χ0) is 21.2. The third-order valence-electron chi connectivity index (χ3n) is 8.65. The van der Waals surface area contributed by atoms with Gasteiger partial charge in [0.1, 0.15) is 0 Å². The smallest absolute Gasteiger partial charge is 0.0774 e. The summed E-state index contributed by atoms with van der Waals surface area (Å²) in [5, 5.41) is 30.3. The van der Waals surface area contributed by atoms with Gasteiger partial charge in [-0.15, -0.1) is 0 Å². The van der Waals surface area contributed by atoms with Gasteiger partial charge < -0.3 is 15.3 Å². The largest absolute Gasteiger partial charge is 0.393 e. The average molecular weight is 405 g/mol. The molecular formula is C26H44O3. The van der Waals surface area contributed by atoms with E-state index in [1.807, 2.05) is 0 Å². The van der Waals surface area contributed by atoms with Crippen LogP contribution >= 0.6 is 0 Å². The van der Waals surface area contributed by atoms with Gasteiger partial charge in [0, 0.05) is 6.42 Å². The molecular weight excluding hydrogens is 360 g/mol. The van der Waals surface area contributed by atoms with Gasteiger partial charge in [0.25, 0.3) is 0 Å². The minimum atomic E-state index is -0.546. The van der Waals surface area contributed by atoms with Crippen molar-refractivity contribution in [2.24, 2.45) is 29.1 Å². The van der Waals surface area contributed by atoms with Gasteiger partial charge in [-0.05, 0) is 92.4 Å². The van der Waals surface area contributed by atoms with Crippen LogP contribution in [0.3, 0.4) is 0 Å². The molecule has 0 bridgehead atoms. The van der Waals surface area contributed by atoms with E-state index in [1.165, 1.54) is 38.5 Å². The van der Waals surface area contributed by atoms with E-state index >= 15 is 0 Å². The Hall–Kier alpha value is -0.640. The molecule has 0 heterocycles. The van der Waals surface area contributed by atoms with Crippen LogP contribution < -0.4 is 0 Å². The summed E-state index contributed by atoms with van der Waals surface area (Å²) in [6, 6.07) is 0. The molecule has 3 aliphatic carbocycles. The van der Waals surface area contributed by atoms with Gasteiger partial charge in [0.05, 0.1) is 18.3 Å². The molecule has 0 spiro atoms. The zero-order valence-electron chi connectivity index (χ0n) is 18.9. The third-order valence-corrected chi connectivity index (χ3v) is 8.65. The highest BCUT2D eigenvalue weighted by molar-refractivity contribution is 5.20. The van der Waals surface area contributed by atoms with Crippen LogP contribution in [0.25, 0.3) is 0 Å². The van der Waals surface area contributed by atoms with Crippen molar-refractivity contribution in [3.63, 3.8) is 0 Å². The first-order chi connectivity index (χ1) is 13.7. The molecule has 3 saturated carbocycles. The maximum Gasteiger partial charge on any atom is 0.0774 e. The molecule has 3 heteroatoms. The van der Waals surface area contributed by atoms with Gasteiger partial charge in [-0.1, -0.05) is 45.4 Å². The first kappa shape index (κ1) is 23.0. The molecule has 3 nitrogen and oxygen atoms in total. The Morgan fingerprint density at radius 3 is 2.69 bits per heavy atom. The molecule has 166 valence electrons. The van der Waals surface area contributed by atoms with E-state index < -0.39 is 12.2 Å². The second kappa shape index (κ2) is 9.66. The molecule has 0 saturated heterocycles. The van der Waals surface area contributed by atoms with Crippen LogP contribution in [0.4, 0.5) is 0 Å². The van der Waals surface area contributed by atoms with Crippen molar-refractivity contribution >= 4 is 0 Å². The summed E-state index contributed by atoms with van der Waals surface area (Å²) in [6.07, 6.45) is 13.2. The summed E-state index contributed by atoms with van der Waals surface area (Å²) in [5.41, 5.74) is 2.96. The average Bonchev–Trinajstić information content (AvgIpc) is 3.00. The molecule has 3 fully saturated rings. The molecule has 0 aromatic carbocycles. The van der Waals surface area contributed by atoms with Crippen molar-refractivity contribution < 1.29 is 15.3 Å². The molecule has 3 rings (SSSR count). The monoisotopic (exact) mass is 404 g/mol. The fraction of sp³-hybridized carbons (Fsp3) is 0.846. The van der Waals surface area contributed by atoms with Crippen LogP contribution in [-0.2, 0) is 0 Å². The normalized spacial score (nSPS) is 40.4. The lowest BCUT2D eigenvalue weighted by molar-refractivity contribution is 0.0523. The number of hydrogen-bond donors (Lipinski definition) is 3. The molecule has 3 N–H and O–H groups in total. The summed E-state index contributed by atoms with van der Waals surface area (Å²) in [6.45, 7) is 10.9. The van der Waals surface area contributed by atoms with Crippen molar-refractivity contribution in [1.82, 2.24) is 0 Å². The van der Waals surface area contributed by atoms with Crippen molar-refractivity contribution in [2.45, 2.75) is 110 Å². The lowest BCUT2D eigenvalue weighted by atomic mass is 9.62. The third kappa shape index (κ3) is 5.17. The van der Waals surface area contributed by atoms with Crippen molar-refractivity contribution in [1.29, 1.82) is 0 Å². The van der Waals surface area contributed by atoms with Crippen LogP contribution in [0.1, 0.15) is 91.4 Å². The van der Waals surface area contributed by atoms with Crippen molar-refractivity contribution in [3.05, 3.63) is 23.8 Å². The Balaban J connectivity index is 1.60. The van der Waals surface area contributed by atoms with Crippen LogP contribution in [0.15, 0.2) is 23.8 Å². The second-order valence-electron chi connectivity index (χ2n) is 10.9. The number of allylic oxidation sites excluding steroid dienone is 2. The molecule has 0 amide bonds. The Morgan fingerprint density at radius 1 is 1.21 bits per heavy atom. The molecule has 0 aromatic rings. The van der Waals surface area contributed by atoms with Crippen LogP contribution in [0.5, 0.6) is 0 Å². The Kier molecular flexibility index (Phi) is 7.67. The maximum absolute atomic E-state index is 10.1. The summed E-state index contributed by atoms with van der Waals surface area (Å²) in [5.74, 6) is 2.05. The van der Waals surface area contributed by atoms with E-state index in [0.717, 1.165) is 37.2 Å². The quantitative estimate of drug-likeness (QED) is 0.498. The first-order valence-corrected chi connectivity index (χ1v) is 12.1. The van der Waals surface area contributed by atoms with Gasteiger partial charge in [-0.2, -0.15) is 0 Å². The number of rotatable bonds is 7. The van der Waals surface area contributed by atoms with Gasteiger partial charge in [0.2, 0.25) is 0 Å². The predicted molar refractivity (Wildman–Crippen MR) is 119 cm³/mol. The first-order valence-electron chi connectivity index (χ1n) is 12.1. The SMILES string of the molecule is C=C1C(C/C=C2\CCC[C@@]3(C)C2CC[C@@H]3CCC[C@@H](O)C(C)C)C[C@H](O)C[C@@H]1O. The van der Waals surface area contributed by atoms with Crippen LogP contribution in [0, 0.1) is 29.1 Å². The highest BCUT2D eigenvalue weighted by Crippen LogP contribution is 2.58. The Labute approximate surface area is 178 Å². The maximum atomic E-state index is 10.1. The number of hydrogen-bond acceptors (Lipinski definition) is 3. The molecule has 0 aromatic heterocycles.